The standard InChI is InChI=1S/C19H19FN4/c1-2-15-5-3-4-6-17(15)24-19-11-18(22-13-23-19)21-12-14-7-9-16(20)10-8-14/h3-11,13H,2,12H2,1H3,(H2,21,22,23,24). The van der Waals surface area contributed by atoms with Crippen LogP contribution in [0.2, 0.25) is 0 Å². The van der Waals surface area contributed by atoms with Crippen molar-refractivity contribution in [3.63, 3.8) is 0 Å². The Morgan fingerprint density at radius 3 is 2.50 bits per heavy atom. The van der Waals surface area contributed by atoms with Crippen LogP contribution in [-0.4, -0.2) is 9.97 Å². The highest BCUT2D eigenvalue weighted by atomic mass is 19.1. The Morgan fingerprint density at radius 2 is 1.71 bits per heavy atom. The smallest absolute Gasteiger partial charge is 0.135 e. The molecule has 0 aliphatic heterocycles. The van der Waals surface area contributed by atoms with Crippen LogP contribution in [-0.2, 0) is 13.0 Å². The number of aromatic nitrogens is 2. The van der Waals surface area contributed by atoms with E-state index in [9.17, 15) is 4.39 Å². The van der Waals surface area contributed by atoms with Gasteiger partial charge in [0.15, 0.2) is 0 Å². The van der Waals surface area contributed by atoms with Crippen molar-refractivity contribution in [1.82, 2.24) is 9.97 Å². The largest absolute Gasteiger partial charge is 0.366 e. The van der Waals surface area contributed by atoms with Crippen LogP contribution in [0.5, 0.6) is 0 Å². The van der Waals surface area contributed by atoms with Crippen LogP contribution in [0.3, 0.4) is 0 Å². The minimum atomic E-state index is -0.234. The van der Waals surface area contributed by atoms with Gasteiger partial charge in [0.1, 0.15) is 23.8 Å². The number of halogens is 1. The second kappa shape index (κ2) is 7.55. The van der Waals surface area contributed by atoms with Gasteiger partial charge in [0.25, 0.3) is 0 Å². The van der Waals surface area contributed by atoms with Crippen molar-refractivity contribution in [3.05, 3.63) is 77.9 Å². The van der Waals surface area contributed by atoms with Crippen LogP contribution in [0.4, 0.5) is 21.7 Å². The first kappa shape index (κ1) is 15.9. The topological polar surface area (TPSA) is 49.8 Å². The summed E-state index contributed by atoms with van der Waals surface area (Å²) in [5.41, 5.74) is 3.26. The summed E-state index contributed by atoms with van der Waals surface area (Å²) in [6.45, 7) is 2.69. The van der Waals surface area contributed by atoms with Crippen LogP contribution in [0, 0.1) is 5.82 Å². The van der Waals surface area contributed by atoms with Crippen LogP contribution in [0.25, 0.3) is 0 Å². The fraction of sp³-hybridized carbons (Fsp3) is 0.158. The summed E-state index contributed by atoms with van der Waals surface area (Å²) in [7, 11) is 0. The zero-order chi connectivity index (χ0) is 16.8. The van der Waals surface area contributed by atoms with E-state index >= 15 is 0 Å². The van der Waals surface area contributed by atoms with Crippen molar-refractivity contribution in [1.29, 1.82) is 0 Å². The maximum absolute atomic E-state index is 12.9. The molecule has 0 spiro atoms. The van der Waals surface area contributed by atoms with Crippen molar-refractivity contribution in [2.24, 2.45) is 0 Å². The number of para-hydroxylation sites is 1. The van der Waals surface area contributed by atoms with Gasteiger partial charge in [-0.2, -0.15) is 0 Å². The summed E-state index contributed by atoms with van der Waals surface area (Å²) >= 11 is 0. The molecule has 0 bridgehead atoms. The molecule has 0 radical (unpaired) electrons. The van der Waals surface area contributed by atoms with Crippen LogP contribution < -0.4 is 10.6 Å². The normalized spacial score (nSPS) is 10.4. The number of nitrogens with zero attached hydrogens (tertiary/aromatic N) is 2. The highest BCUT2D eigenvalue weighted by Gasteiger charge is 2.03. The molecule has 0 aliphatic carbocycles. The van der Waals surface area contributed by atoms with Gasteiger partial charge in [0.05, 0.1) is 0 Å². The molecule has 2 N–H and O–H groups in total. The number of benzene rings is 2. The fourth-order valence-corrected chi connectivity index (χ4v) is 2.41. The average molecular weight is 322 g/mol. The zero-order valence-electron chi connectivity index (χ0n) is 13.5. The molecule has 5 heteroatoms. The lowest BCUT2D eigenvalue weighted by Crippen LogP contribution is -2.03. The summed E-state index contributed by atoms with van der Waals surface area (Å²) in [5.74, 6) is 1.21. The third-order valence-corrected chi connectivity index (χ3v) is 3.71. The van der Waals surface area contributed by atoms with Gasteiger partial charge in [-0.05, 0) is 35.7 Å². The maximum Gasteiger partial charge on any atom is 0.135 e. The lowest BCUT2D eigenvalue weighted by atomic mass is 10.1. The van der Waals surface area contributed by atoms with E-state index in [1.165, 1.54) is 24.0 Å². The van der Waals surface area contributed by atoms with Gasteiger partial charge < -0.3 is 10.6 Å². The quantitative estimate of drug-likeness (QED) is 0.700. The van der Waals surface area contributed by atoms with Crippen molar-refractivity contribution in [2.75, 3.05) is 10.6 Å². The molecule has 24 heavy (non-hydrogen) atoms. The lowest BCUT2D eigenvalue weighted by molar-refractivity contribution is 0.627. The van der Waals surface area contributed by atoms with E-state index in [2.05, 4.69) is 33.6 Å². The van der Waals surface area contributed by atoms with Gasteiger partial charge in [-0.25, -0.2) is 14.4 Å². The summed E-state index contributed by atoms with van der Waals surface area (Å²) in [6.07, 6.45) is 2.47. The van der Waals surface area contributed by atoms with E-state index < -0.39 is 0 Å². The SMILES string of the molecule is CCc1ccccc1Nc1cc(NCc2ccc(F)cc2)ncn1. The predicted molar refractivity (Wildman–Crippen MR) is 94.9 cm³/mol. The average Bonchev–Trinajstić information content (AvgIpc) is 2.62. The third-order valence-electron chi connectivity index (χ3n) is 3.71. The zero-order valence-corrected chi connectivity index (χ0v) is 13.5. The lowest BCUT2D eigenvalue weighted by Gasteiger charge is -2.11. The Labute approximate surface area is 140 Å². The molecule has 0 atom stereocenters. The Balaban J connectivity index is 1.68. The van der Waals surface area contributed by atoms with Gasteiger partial charge in [0.2, 0.25) is 0 Å². The summed E-state index contributed by atoms with van der Waals surface area (Å²) < 4.78 is 12.9. The van der Waals surface area contributed by atoms with Gasteiger partial charge in [0, 0.05) is 18.3 Å². The molecule has 3 rings (SSSR count). The summed E-state index contributed by atoms with van der Waals surface area (Å²) in [4.78, 5) is 8.48. The number of hydrogen-bond acceptors (Lipinski definition) is 4. The number of nitrogens with one attached hydrogen (secondary N) is 2. The fourth-order valence-electron chi connectivity index (χ4n) is 2.41. The molecule has 0 saturated carbocycles. The Kier molecular flexibility index (Phi) is 5.01. The minimum absolute atomic E-state index is 0.234. The Hall–Kier alpha value is -2.95. The van der Waals surface area contributed by atoms with Crippen LogP contribution >= 0.6 is 0 Å². The van der Waals surface area contributed by atoms with E-state index in [0.717, 1.165) is 23.5 Å². The van der Waals surface area contributed by atoms with E-state index in [1.807, 2.05) is 24.3 Å². The van der Waals surface area contributed by atoms with Gasteiger partial charge in [-0.3, -0.25) is 0 Å². The second-order valence-corrected chi connectivity index (χ2v) is 5.40. The molecule has 0 aliphatic rings. The summed E-state index contributed by atoms with van der Waals surface area (Å²) in [6, 6.07) is 16.4. The number of anilines is 3. The van der Waals surface area contributed by atoms with Gasteiger partial charge in [-0.15, -0.1) is 0 Å². The first-order valence-corrected chi connectivity index (χ1v) is 7.90. The first-order chi connectivity index (χ1) is 11.7. The Morgan fingerprint density at radius 1 is 0.958 bits per heavy atom. The van der Waals surface area contributed by atoms with Crippen molar-refractivity contribution >= 4 is 17.3 Å². The van der Waals surface area contributed by atoms with E-state index in [4.69, 9.17) is 0 Å². The van der Waals surface area contributed by atoms with E-state index in [0.29, 0.717) is 12.4 Å². The Bertz CT molecular complexity index is 802. The van der Waals surface area contributed by atoms with E-state index in [1.54, 1.807) is 12.1 Å². The maximum atomic E-state index is 12.9. The van der Waals surface area contributed by atoms with Crippen molar-refractivity contribution in [2.45, 2.75) is 19.9 Å². The summed E-state index contributed by atoms with van der Waals surface area (Å²) in [5, 5.41) is 6.55. The second-order valence-electron chi connectivity index (χ2n) is 5.40. The van der Waals surface area contributed by atoms with Gasteiger partial charge >= 0.3 is 0 Å². The first-order valence-electron chi connectivity index (χ1n) is 7.90. The minimum Gasteiger partial charge on any atom is -0.366 e. The molecule has 1 heterocycles. The van der Waals surface area contributed by atoms with Crippen LogP contribution in [0.15, 0.2) is 60.9 Å². The molecule has 0 fully saturated rings. The molecule has 0 unspecified atom stereocenters. The molecular formula is C19H19FN4. The molecular weight excluding hydrogens is 303 g/mol. The molecule has 0 amide bonds. The predicted octanol–water partition coefficient (Wildman–Crippen LogP) is 4.53. The molecule has 3 aromatic rings. The molecule has 2 aromatic carbocycles. The molecule has 1 aromatic heterocycles. The monoisotopic (exact) mass is 322 g/mol. The highest BCUT2D eigenvalue weighted by molar-refractivity contribution is 5.62. The number of aryl methyl sites for hydroxylation is 1. The van der Waals surface area contributed by atoms with Crippen molar-refractivity contribution < 1.29 is 4.39 Å². The molecule has 122 valence electrons. The number of hydrogen-bond donors (Lipinski definition) is 2. The van der Waals surface area contributed by atoms with Crippen molar-refractivity contribution in [3.8, 4) is 0 Å². The highest BCUT2D eigenvalue weighted by Crippen LogP contribution is 2.21. The number of rotatable bonds is 6. The molecule has 0 saturated heterocycles. The molecule has 4 nitrogen and oxygen atoms in total. The van der Waals surface area contributed by atoms with E-state index in [-0.39, 0.29) is 5.82 Å². The van der Waals surface area contributed by atoms with Crippen LogP contribution in [0.1, 0.15) is 18.1 Å². The third kappa shape index (κ3) is 4.07. The van der Waals surface area contributed by atoms with Gasteiger partial charge in [-0.1, -0.05) is 37.3 Å².